The van der Waals surface area contributed by atoms with Crippen LogP contribution in [0.4, 0.5) is 14.5 Å². The van der Waals surface area contributed by atoms with Gasteiger partial charge in [-0.05, 0) is 0 Å². The molecular weight excluding hydrogens is 176 g/mol. The summed E-state index contributed by atoms with van der Waals surface area (Å²) >= 11 is 5.36. The van der Waals surface area contributed by atoms with E-state index in [1.807, 2.05) is 0 Å². The minimum absolute atomic E-state index is 0.181. The van der Waals surface area contributed by atoms with Crippen molar-refractivity contribution >= 4 is 17.3 Å². The first-order valence-electron chi connectivity index (χ1n) is 2.71. The fourth-order valence-corrected chi connectivity index (χ4v) is 0.804. The van der Waals surface area contributed by atoms with Gasteiger partial charge in [-0.3, -0.25) is 0 Å². The predicted molar refractivity (Wildman–Crippen MR) is 36.5 cm³/mol. The number of nitrogens with zero attached hydrogens (tertiary/aromatic N) is 2. The lowest BCUT2D eigenvalue weighted by atomic mass is 10.4. The van der Waals surface area contributed by atoms with E-state index in [2.05, 4.69) is 15.5 Å². The molecule has 0 radical (unpaired) electrons. The fourth-order valence-electron chi connectivity index (χ4n) is 0.588. The largest absolute Gasteiger partial charge is 0.383 e. The van der Waals surface area contributed by atoms with Crippen LogP contribution in [0.1, 0.15) is 0 Å². The van der Waals surface area contributed by atoms with Gasteiger partial charge in [-0.1, -0.05) is 11.6 Å². The second kappa shape index (κ2) is 2.96. The molecule has 1 aromatic rings. The van der Waals surface area contributed by atoms with Crippen molar-refractivity contribution in [3.8, 4) is 0 Å². The summed E-state index contributed by atoms with van der Waals surface area (Å²) < 4.78 is 24.9. The molecule has 0 aliphatic heterocycles. The number of hydrogen-bond acceptors (Lipinski definition) is 3. The molecule has 1 heterocycles. The van der Waals surface area contributed by atoms with Gasteiger partial charge in [0.25, 0.3) is 5.95 Å². The van der Waals surface area contributed by atoms with Crippen LogP contribution in [0.2, 0.25) is 5.15 Å². The Morgan fingerprint density at radius 3 is 2.45 bits per heavy atom. The number of anilines is 1. The summed E-state index contributed by atoms with van der Waals surface area (Å²) in [5.41, 5.74) is -0.181. The van der Waals surface area contributed by atoms with Gasteiger partial charge in [-0.15, -0.1) is 10.2 Å². The van der Waals surface area contributed by atoms with Crippen LogP contribution in [0.5, 0.6) is 0 Å². The summed E-state index contributed by atoms with van der Waals surface area (Å²) in [4.78, 5) is 0. The highest BCUT2D eigenvalue weighted by Crippen LogP contribution is 2.21. The van der Waals surface area contributed by atoms with E-state index in [4.69, 9.17) is 11.6 Å². The zero-order valence-electron chi connectivity index (χ0n) is 5.53. The smallest absolute Gasteiger partial charge is 0.271 e. The molecule has 0 bridgehead atoms. The molecular formula is C5H4ClF2N3. The monoisotopic (exact) mass is 179 g/mol. The van der Waals surface area contributed by atoms with E-state index in [1.165, 1.54) is 7.05 Å². The summed E-state index contributed by atoms with van der Waals surface area (Å²) in [6.07, 6.45) is 0. The Bertz CT molecular complexity index is 279. The highest BCUT2D eigenvalue weighted by molar-refractivity contribution is 6.31. The summed E-state index contributed by atoms with van der Waals surface area (Å²) in [5.74, 6) is -2.38. The van der Waals surface area contributed by atoms with Crippen molar-refractivity contribution in [2.75, 3.05) is 12.4 Å². The Hall–Kier alpha value is -0.970. The summed E-state index contributed by atoms with van der Waals surface area (Å²) in [7, 11) is 1.41. The molecule has 0 aliphatic carbocycles. The normalized spacial score (nSPS) is 9.82. The third-order valence-corrected chi connectivity index (χ3v) is 1.35. The van der Waals surface area contributed by atoms with Crippen molar-refractivity contribution in [2.45, 2.75) is 0 Å². The SMILES string of the molecule is CNc1c(Cl)nnc(F)c1F. The number of aromatic nitrogens is 2. The van der Waals surface area contributed by atoms with Gasteiger partial charge >= 0.3 is 0 Å². The minimum Gasteiger partial charge on any atom is -0.383 e. The van der Waals surface area contributed by atoms with Crippen LogP contribution >= 0.6 is 11.6 Å². The quantitative estimate of drug-likeness (QED) is 0.709. The minimum atomic E-state index is -1.27. The second-order valence-electron chi connectivity index (χ2n) is 1.72. The van der Waals surface area contributed by atoms with Gasteiger partial charge in [0, 0.05) is 7.05 Å². The first-order chi connectivity index (χ1) is 5.16. The zero-order valence-corrected chi connectivity index (χ0v) is 6.28. The molecule has 6 heteroatoms. The average Bonchev–Trinajstić information content (AvgIpc) is 1.99. The Labute approximate surface area is 66.4 Å². The number of hydrogen-bond donors (Lipinski definition) is 1. The molecule has 1 rings (SSSR count). The first kappa shape index (κ1) is 8.13. The van der Waals surface area contributed by atoms with Crippen LogP contribution in [-0.2, 0) is 0 Å². The van der Waals surface area contributed by atoms with Crippen LogP contribution in [0.15, 0.2) is 0 Å². The molecule has 0 saturated carbocycles. The summed E-state index contributed by atoms with van der Waals surface area (Å²) in [6, 6.07) is 0. The van der Waals surface area contributed by atoms with Crippen molar-refractivity contribution in [3.05, 3.63) is 16.9 Å². The number of nitrogens with one attached hydrogen (secondary N) is 1. The standard InChI is InChI=1S/C5H4ClF2N3/c1-9-3-2(7)5(8)11-10-4(3)6/h1H3,(H,9,11). The molecule has 0 atom stereocenters. The van der Waals surface area contributed by atoms with E-state index in [0.29, 0.717) is 0 Å². The lowest BCUT2D eigenvalue weighted by molar-refractivity contribution is 0.468. The Balaban J connectivity index is 3.29. The van der Waals surface area contributed by atoms with Gasteiger partial charge in [0.1, 0.15) is 5.69 Å². The van der Waals surface area contributed by atoms with Crippen LogP contribution < -0.4 is 5.32 Å². The van der Waals surface area contributed by atoms with Gasteiger partial charge in [0.05, 0.1) is 0 Å². The second-order valence-corrected chi connectivity index (χ2v) is 2.08. The number of rotatable bonds is 1. The molecule has 60 valence electrons. The third kappa shape index (κ3) is 1.37. The van der Waals surface area contributed by atoms with Gasteiger partial charge in [-0.2, -0.15) is 8.78 Å². The molecule has 3 nitrogen and oxygen atoms in total. The van der Waals surface area contributed by atoms with Crippen molar-refractivity contribution in [1.82, 2.24) is 10.2 Å². The molecule has 0 unspecified atom stereocenters. The molecule has 0 aliphatic rings. The van der Waals surface area contributed by atoms with E-state index in [1.54, 1.807) is 0 Å². The highest BCUT2D eigenvalue weighted by atomic mass is 35.5. The zero-order chi connectivity index (χ0) is 8.43. The van der Waals surface area contributed by atoms with Crippen LogP contribution in [0.25, 0.3) is 0 Å². The summed E-state index contributed by atoms with van der Waals surface area (Å²) in [5, 5.41) is 8.14. The first-order valence-corrected chi connectivity index (χ1v) is 3.09. The summed E-state index contributed by atoms with van der Waals surface area (Å²) in [6.45, 7) is 0. The molecule has 11 heavy (non-hydrogen) atoms. The third-order valence-electron chi connectivity index (χ3n) is 1.08. The van der Waals surface area contributed by atoms with Gasteiger partial charge in [-0.25, -0.2) is 0 Å². The predicted octanol–water partition coefficient (Wildman–Crippen LogP) is 1.45. The van der Waals surface area contributed by atoms with Crippen molar-refractivity contribution in [2.24, 2.45) is 0 Å². The van der Waals surface area contributed by atoms with E-state index in [-0.39, 0.29) is 10.8 Å². The lowest BCUT2D eigenvalue weighted by Crippen LogP contribution is -2.01. The Morgan fingerprint density at radius 2 is 2.00 bits per heavy atom. The Morgan fingerprint density at radius 1 is 1.36 bits per heavy atom. The molecule has 1 aromatic heterocycles. The maximum atomic E-state index is 12.6. The van der Waals surface area contributed by atoms with Crippen molar-refractivity contribution in [1.29, 1.82) is 0 Å². The molecule has 0 fully saturated rings. The average molecular weight is 180 g/mol. The molecule has 0 saturated heterocycles. The maximum absolute atomic E-state index is 12.6. The molecule has 0 aromatic carbocycles. The molecule has 1 N–H and O–H groups in total. The highest BCUT2D eigenvalue weighted by Gasteiger charge is 2.13. The van der Waals surface area contributed by atoms with E-state index in [9.17, 15) is 8.78 Å². The van der Waals surface area contributed by atoms with Crippen LogP contribution in [0.3, 0.4) is 0 Å². The maximum Gasteiger partial charge on any atom is 0.271 e. The lowest BCUT2D eigenvalue weighted by Gasteiger charge is -2.01. The van der Waals surface area contributed by atoms with E-state index in [0.717, 1.165) is 0 Å². The van der Waals surface area contributed by atoms with Gasteiger partial charge in [0.15, 0.2) is 5.15 Å². The number of halogens is 3. The van der Waals surface area contributed by atoms with Gasteiger partial charge < -0.3 is 5.32 Å². The molecule has 0 amide bonds. The van der Waals surface area contributed by atoms with Crippen molar-refractivity contribution < 1.29 is 8.78 Å². The van der Waals surface area contributed by atoms with Crippen LogP contribution in [-0.4, -0.2) is 17.2 Å². The molecule has 0 spiro atoms. The Kier molecular flexibility index (Phi) is 2.19. The van der Waals surface area contributed by atoms with E-state index < -0.39 is 11.8 Å². The fraction of sp³-hybridized carbons (Fsp3) is 0.200. The van der Waals surface area contributed by atoms with E-state index >= 15 is 0 Å². The van der Waals surface area contributed by atoms with Crippen LogP contribution in [0, 0.1) is 11.8 Å². The van der Waals surface area contributed by atoms with Gasteiger partial charge in [0.2, 0.25) is 5.82 Å². The topological polar surface area (TPSA) is 37.8 Å². The van der Waals surface area contributed by atoms with Crippen molar-refractivity contribution in [3.63, 3.8) is 0 Å².